The molecular weight excluding hydrogens is 359 g/mol. The maximum Gasteiger partial charge on any atom is 0.187 e. The first kappa shape index (κ1) is 17.6. The molecule has 2 aromatic heterocycles. The lowest BCUT2D eigenvalue weighted by Gasteiger charge is -2.11. The summed E-state index contributed by atoms with van der Waals surface area (Å²) in [6.45, 7) is 4.39. The molecule has 3 rings (SSSR count). The highest BCUT2D eigenvalue weighted by Crippen LogP contribution is 2.28. The van der Waals surface area contributed by atoms with Crippen molar-refractivity contribution in [3.05, 3.63) is 59.1 Å². The van der Waals surface area contributed by atoms with Crippen molar-refractivity contribution in [1.29, 1.82) is 0 Å². The third-order valence-electron chi connectivity index (χ3n) is 3.70. The summed E-state index contributed by atoms with van der Waals surface area (Å²) in [6, 6.07) is 8.11. The van der Waals surface area contributed by atoms with Crippen molar-refractivity contribution in [2.45, 2.75) is 11.6 Å². The third kappa shape index (κ3) is 3.91. The van der Waals surface area contributed by atoms with Crippen LogP contribution in [0.15, 0.2) is 42.2 Å². The van der Waals surface area contributed by atoms with Gasteiger partial charge in [-0.1, -0.05) is 60.3 Å². The third-order valence-corrected chi connectivity index (χ3v) is 4.51. The number of halogens is 2. The Balaban J connectivity index is 1.83. The zero-order chi connectivity index (χ0) is 17.8. The van der Waals surface area contributed by atoms with Crippen LogP contribution in [-0.2, 0) is 6.42 Å². The fraction of sp³-hybridized carbons (Fsp3) is 0.167. The Morgan fingerprint density at radius 1 is 1.36 bits per heavy atom. The van der Waals surface area contributed by atoms with E-state index in [-0.39, 0.29) is 10.7 Å². The van der Waals surface area contributed by atoms with Gasteiger partial charge in [0.25, 0.3) is 0 Å². The lowest BCUT2D eigenvalue weighted by Crippen LogP contribution is -2.08. The van der Waals surface area contributed by atoms with Gasteiger partial charge in [-0.25, -0.2) is 19.3 Å². The second-order valence-electron chi connectivity index (χ2n) is 5.31. The first-order valence-electron chi connectivity index (χ1n) is 7.63. The molecule has 1 aromatic carbocycles. The lowest BCUT2D eigenvalue weighted by atomic mass is 10.1. The summed E-state index contributed by atoms with van der Waals surface area (Å²) < 4.78 is 14.2. The topological polar surface area (TPSA) is 50.7 Å². The number of nitrogens with one attached hydrogen (secondary N) is 1. The van der Waals surface area contributed by atoms with Gasteiger partial charge in [-0.2, -0.15) is 0 Å². The largest absolute Gasteiger partial charge is 0.369 e. The number of anilines is 1. The Labute approximate surface area is 154 Å². The predicted octanol–water partition coefficient (Wildman–Crippen LogP) is 4.84. The number of hydrogen-bond acceptors (Lipinski definition) is 5. The van der Waals surface area contributed by atoms with E-state index in [4.69, 9.17) is 11.6 Å². The van der Waals surface area contributed by atoms with Gasteiger partial charge in [0.05, 0.1) is 5.39 Å². The number of hydrogen-bond donors (Lipinski definition) is 1. The molecule has 0 spiro atoms. The quantitative estimate of drug-likeness (QED) is 0.380. The fourth-order valence-corrected chi connectivity index (χ4v) is 2.96. The van der Waals surface area contributed by atoms with E-state index >= 15 is 0 Å². The Morgan fingerprint density at radius 3 is 2.96 bits per heavy atom. The van der Waals surface area contributed by atoms with E-state index in [0.29, 0.717) is 22.9 Å². The van der Waals surface area contributed by atoms with Crippen LogP contribution in [0.4, 0.5) is 10.2 Å². The van der Waals surface area contributed by atoms with E-state index in [9.17, 15) is 4.39 Å². The molecule has 0 radical (unpaired) electrons. The molecule has 0 unspecified atom stereocenters. The fourth-order valence-electron chi connectivity index (χ4n) is 2.45. The molecule has 0 saturated heterocycles. The van der Waals surface area contributed by atoms with E-state index < -0.39 is 5.82 Å². The summed E-state index contributed by atoms with van der Waals surface area (Å²) in [5, 5.41) is 4.01. The Bertz CT molecular complexity index is 932. The number of aromatic nitrogens is 3. The van der Waals surface area contributed by atoms with Crippen molar-refractivity contribution in [2.75, 3.05) is 18.1 Å². The van der Waals surface area contributed by atoms with Crippen LogP contribution in [0.1, 0.15) is 11.1 Å². The number of rotatable bonds is 6. The minimum Gasteiger partial charge on any atom is -0.369 e. The summed E-state index contributed by atoms with van der Waals surface area (Å²) in [6.07, 6.45) is 6.00. The molecule has 4 nitrogen and oxygen atoms in total. The molecule has 0 atom stereocenters. The maximum absolute atomic E-state index is 14.2. The second kappa shape index (κ2) is 7.80. The Hall–Kier alpha value is -2.18. The highest BCUT2D eigenvalue weighted by atomic mass is 35.5. The molecule has 1 N–H and O–H groups in total. The van der Waals surface area contributed by atoms with Gasteiger partial charge in [0.2, 0.25) is 0 Å². The summed E-state index contributed by atoms with van der Waals surface area (Å²) in [4.78, 5) is 12.5. The highest BCUT2D eigenvalue weighted by Gasteiger charge is 2.15. The van der Waals surface area contributed by atoms with Gasteiger partial charge in [-0.15, -0.1) is 0 Å². The van der Waals surface area contributed by atoms with Crippen molar-refractivity contribution < 1.29 is 4.39 Å². The average molecular weight is 375 g/mol. The van der Waals surface area contributed by atoms with Crippen molar-refractivity contribution in [3.63, 3.8) is 0 Å². The van der Waals surface area contributed by atoms with E-state index in [0.717, 1.165) is 12.0 Å². The van der Waals surface area contributed by atoms with E-state index in [1.54, 1.807) is 6.20 Å². The molecule has 7 heteroatoms. The molecule has 0 saturated carbocycles. The van der Waals surface area contributed by atoms with Crippen LogP contribution in [0, 0.1) is 5.82 Å². The number of fused-ring (bicyclic) bond motifs is 1. The summed E-state index contributed by atoms with van der Waals surface area (Å²) in [7, 11) is 0. The standard InChI is InChI=1S/C18H16ClFN4S/c1-3-11-5-4-6-12(9-11)7-8-21-17-13-10-22-18(25-2)23-15(13)14(20)16(19)24-17/h3-6,9-10H,1,7-8H2,2H3,(H,21,24). The van der Waals surface area contributed by atoms with Crippen LogP contribution < -0.4 is 5.32 Å². The molecule has 2 heterocycles. The Morgan fingerprint density at radius 2 is 2.20 bits per heavy atom. The van der Waals surface area contributed by atoms with Crippen molar-refractivity contribution in [2.24, 2.45) is 0 Å². The second-order valence-corrected chi connectivity index (χ2v) is 6.44. The summed E-state index contributed by atoms with van der Waals surface area (Å²) in [5.74, 6) is -0.146. The van der Waals surface area contributed by atoms with Crippen LogP contribution in [0.25, 0.3) is 17.0 Å². The number of thioether (sulfide) groups is 1. The van der Waals surface area contributed by atoms with E-state index in [1.165, 1.54) is 17.3 Å². The summed E-state index contributed by atoms with van der Waals surface area (Å²) >= 11 is 7.26. The zero-order valence-electron chi connectivity index (χ0n) is 13.6. The number of benzene rings is 1. The van der Waals surface area contributed by atoms with Crippen molar-refractivity contribution in [3.8, 4) is 0 Å². The molecule has 0 amide bonds. The highest BCUT2D eigenvalue weighted by molar-refractivity contribution is 7.98. The smallest absolute Gasteiger partial charge is 0.187 e. The zero-order valence-corrected chi connectivity index (χ0v) is 15.2. The monoisotopic (exact) mass is 374 g/mol. The van der Waals surface area contributed by atoms with Crippen molar-refractivity contribution >= 4 is 46.2 Å². The molecular formula is C18H16ClFN4S. The summed E-state index contributed by atoms with van der Waals surface area (Å²) in [5.41, 5.74) is 2.42. The van der Waals surface area contributed by atoms with Gasteiger partial charge in [0, 0.05) is 12.7 Å². The van der Waals surface area contributed by atoms with Gasteiger partial charge in [-0.3, -0.25) is 0 Å². The number of nitrogens with zero attached hydrogens (tertiary/aromatic N) is 3. The molecule has 0 aliphatic heterocycles. The van der Waals surface area contributed by atoms with Crippen LogP contribution in [-0.4, -0.2) is 27.8 Å². The van der Waals surface area contributed by atoms with Crippen LogP contribution in [0.3, 0.4) is 0 Å². The van der Waals surface area contributed by atoms with Crippen LogP contribution >= 0.6 is 23.4 Å². The molecule has 0 aliphatic carbocycles. The van der Waals surface area contributed by atoms with E-state index in [1.807, 2.05) is 30.5 Å². The van der Waals surface area contributed by atoms with Gasteiger partial charge in [-0.05, 0) is 23.8 Å². The Kier molecular flexibility index (Phi) is 5.50. The first-order chi connectivity index (χ1) is 12.1. The molecule has 0 aliphatic rings. The minimum absolute atomic E-state index is 0.176. The molecule has 0 bridgehead atoms. The van der Waals surface area contributed by atoms with Gasteiger partial charge in [0.15, 0.2) is 16.1 Å². The SMILES string of the molecule is C=Cc1cccc(CCNc2nc(Cl)c(F)c3nc(SC)ncc23)c1. The van der Waals surface area contributed by atoms with Crippen molar-refractivity contribution in [1.82, 2.24) is 15.0 Å². The lowest BCUT2D eigenvalue weighted by molar-refractivity contribution is 0.629. The van der Waals surface area contributed by atoms with Gasteiger partial charge >= 0.3 is 0 Å². The first-order valence-corrected chi connectivity index (χ1v) is 9.23. The molecule has 0 fully saturated rings. The van der Waals surface area contributed by atoms with Gasteiger partial charge < -0.3 is 5.32 Å². The van der Waals surface area contributed by atoms with Crippen LogP contribution in [0.2, 0.25) is 5.15 Å². The van der Waals surface area contributed by atoms with Crippen LogP contribution in [0.5, 0.6) is 0 Å². The molecule has 3 aromatic rings. The average Bonchev–Trinajstić information content (AvgIpc) is 2.65. The predicted molar refractivity (Wildman–Crippen MR) is 103 cm³/mol. The molecule has 25 heavy (non-hydrogen) atoms. The molecule has 128 valence electrons. The normalized spacial score (nSPS) is 10.8. The minimum atomic E-state index is -0.626. The van der Waals surface area contributed by atoms with E-state index in [2.05, 4.69) is 32.9 Å². The maximum atomic E-state index is 14.2. The number of pyridine rings is 1. The van der Waals surface area contributed by atoms with Gasteiger partial charge in [0.1, 0.15) is 11.3 Å².